The van der Waals surface area contributed by atoms with E-state index in [1.807, 2.05) is 19.9 Å². The summed E-state index contributed by atoms with van der Waals surface area (Å²) in [7, 11) is 0. The maximum Gasteiger partial charge on any atom is 0.308 e. The van der Waals surface area contributed by atoms with Crippen LogP contribution in [0, 0.1) is 25.7 Å². The summed E-state index contributed by atoms with van der Waals surface area (Å²) in [4.78, 5) is 20.0. The van der Waals surface area contributed by atoms with Crippen molar-refractivity contribution in [3.63, 3.8) is 0 Å². The normalized spacial score (nSPS) is 17.7. The summed E-state index contributed by atoms with van der Waals surface area (Å²) in [6, 6.07) is 1.89. The lowest BCUT2D eigenvalue weighted by molar-refractivity contribution is -0.144. The van der Waals surface area contributed by atoms with Crippen LogP contribution in [-0.2, 0) is 9.53 Å². The van der Waals surface area contributed by atoms with Gasteiger partial charge in [-0.2, -0.15) is 0 Å². The van der Waals surface area contributed by atoms with Gasteiger partial charge in [0.2, 0.25) is 5.95 Å². The predicted molar refractivity (Wildman–Crippen MR) is 74.7 cm³/mol. The van der Waals surface area contributed by atoms with Crippen LogP contribution in [0.1, 0.15) is 24.2 Å². The number of aromatic nitrogens is 2. The number of nitrogens with one attached hydrogen (secondary N) is 1. The summed E-state index contributed by atoms with van der Waals surface area (Å²) >= 11 is 0. The maximum atomic E-state index is 11.4. The van der Waals surface area contributed by atoms with Crippen molar-refractivity contribution in [2.75, 3.05) is 25.1 Å². The average molecular weight is 279 g/mol. The van der Waals surface area contributed by atoms with Gasteiger partial charge in [-0.15, -0.1) is 0 Å². The third kappa shape index (κ3) is 3.90. The number of anilines is 1. The Bertz CT molecular complexity index is 452. The fourth-order valence-corrected chi connectivity index (χ4v) is 2.58. The first-order valence-corrected chi connectivity index (χ1v) is 6.93. The minimum absolute atomic E-state index is 0.152. The molecule has 0 amide bonds. The third-order valence-electron chi connectivity index (χ3n) is 3.61. The molecule has 1 aromatic rings. The smallest absolute Gasteiger partial charge is 0.308 e. The Kier molecular flexibility index (Phi) is 4.89. The van der Waals surface area contributed by atoms with E-state index >= 15 is 0 Å². The van der Waals surface area contributed by atoms with Gasteiger partial charge in [0.1, 0.15) is 0 Å². The maximum absolute atomic E-state index is 11.4. The van der Waals surface area contributed by atoms with Gasteiger partial charge in [0, 0.05) is 31.1 Å². The predicted octanol–water partition coefficient (Wildman–Crippen LogP) is 1.63. The van der Waals surface area contributed by atoms with Crippen molar-refractivity contribution in [2.24, 2.45) is 11.8 Å². The Morgan fingerprint density at radius 3 is 2.55 bits per heavy atom. The fraction of sp³-hybridized carbons (Fsp3) is 0.643. The molecule has 1 aliphatic heterocycles. The Hall–Kier alpha value is -1.69. The van der Waals surface area contributed by atoms with E-state index in [9.17, 15) is 9.90 Å². The quantitative estimate of drug-likeness (QED) is 0.852. The molecule has 2 rings (SSSR count). The highest BCUT2D eigenvalue weighted by Crippen LogP contribution is 2.24. The summed E-state index contributed by atoms with van der Waals surface area (Å²) < 4.78 is 5.29. The number of carbonyl (C=O) groups is 1. The molecule has 0 radical (unpaired) electrons. The summed E-state index contributed by atoms with van der Waals surface area (Å²) in [6.07, 6.45) is 1.60. The second-order valence-electron chi connectivity index (χ2n) is 5.25. The van der Waals surface area contributed by atoms with Crippen molar-refractivity contribution in [3.05, 3.63) is 17.5 Å². The molecule has 2 N–H and O–H groups in total. The number of ether oxygens (including phenoxy) is 1. The monoisotopic (exact) mass is 279 g/mol. The van der Waals surface area contributed by atoms with Crippen LogP contribution in [0.25, 0.3) is 0 Å². The molecular formula is C14H21N3O3. The van der Waals surface area contributed by atoms with Crippen LogP contribution in [0.2, 0.25) is 0 Å². The molecule has 1 atom stereocenters. The van der Waals surface area contributed by atoms with Crippen molar-refractivity contribution < 1.29 is 14.6 Å². The van der Waals surface area contributed by atoms with Crippen LogP contribution in [0.4, 0.5) is 5.95 Å². The SMILES string of the molecule is Cc1cc(C)nc(NCC(C(=O)O)C2CCOCC2)n1. The first-order chi connectivity index (χ1) is 9.56. The number of nitrogens with zero attached hydrogens (tertiary/aromatic N) is 2. The van der Waals surface area contributed by atoms with Crippen molar-refractivity contribution >= 4 is 11.9 Å². The lowest BCUT2D eigenvalue weighted by Crippen LogP contribution is -2.34. The minimum atomic E-state index is -0.770. The van der Waals surface area contributed by atoms with Crippen molar-refractivity contribution in [2.45, 2.75) is 26.7 Å². The molecule has 0 spiro atoms. The van der Waals surface area contributed by atoms with E-state index in [-0.39, 0.29) is 5.92 Å². The lowest BCUT2D eigenvalue weighted by Gasteiger charge is -2.27. The van der Waals surface area contributed by atoms with Crippen molar-refractivity contribution in [3.8, 4) is 0 Å². The molecule has 1 saturated heterocycles. The number of carboxylic acid groups (broad SMARTS) is 1. The van der Waals surface area contributed by atoms with E-state index in [4.69, 9.17) is 4.74 Å². The van der Waals surface area contributed by atoms with E-state index < -0.39 is 11.9 Å². The Balaban J connectivity index is 1.99. The molecule has 1 aliphatic rings. The molecule has 1 fully saturated rings. The van der Waals surface area contributed by atoms with Crippen LogP contribution in [0.15, 0.2) is 6.07 Å². The largest absolute Gasteiger partial charge is 0.481 e. The van der Waals surface area contributed by atoms with Crippen molar-refractivity contribution in [1.29, 1.82) is 0 Å². The Morgan fingerprint density at radius 2 is 2.00 bits per heavy atom. The third-order valence-corrected chi connectivity index (χ3v) is 3.61. The van der Waals surface area contributed by atoms with Crippen LogP contribution in [0.5, 0.6) is 0 Å². The molecule has 1 unspecified atom stereocenters. The zero-order chi connectivity index (χ0) is 14.5. The first kappa shape index (κ1) is 14.7. The standard InChI is InChI=1S/C14H21N3O3/c1-9-7-10(2)17-14(16-9)15-8-12(13(18)19)11-3-5-20-6-4-11/h7,11-12H,3-6,8H2,1-2H3,(H,18,19)(H,15,16,17). The molecule has 2 heterocycles. The van der Waals surface area contributed by atoms with E-state index in [1.54, 1.807) is 0 Å². The molecule has 0 saturated carbocycles. The second kappa shape index (κ2) is 6.65. The highest BCUT2D eigenvalue weighted by Gasteiger charge is 2.29. The number of rotatable bonds is 5. The molecule has 110 valence electrons. The topological polar surface area (TPSA) is 84.3 Å². The molecule has 1 aromatic heterocycles. The zero-order valence-corrected chi connectivity index (χ0v) is 11.9. The summed E-state index contributed by atoms with van der Waals surface area (Å²) in [5.41, 5.74) is 1.75. The van der Waals surface area contributed by atoms with E-state index in [2.05, 4.69) is 15.3 Å². The fourth-order valence-electron chi connectivity index (χ4n) is 2.58. The summed E-state index contributed by atoms with van der Waals surface area (Å²) in [5.74, 6) is -0.544. The molecule has 0 aromatic carbocycles. The molecule has 0 bridgehead atoms. The molecule has 6 heteroatoms. The molecular weight excluding hydrogens is 258 g/mol. The zero-order valence-electron chi connectivity index (χ0n) is 11.9. The first-order valence-electron chi connectivity index (χ1n) is 6.93. The van der Waals surface area contributed by atoms with E-state index in [1.165, 1.54) is 0 Å². The van der Waals surface area contributed by atoms with Crippen LogP contribution >= 0.6 is 0 Å². The number of aliphatic carboxylic acids is 1. The van der Waals surface area contributed by atoms with E-state index in [0.717, 1.165) is 24.2 Å². The van der Waals surface area contributed by atoms with Gasteiger partial charge in [-0.05, 0) is 38.7 Å². The molecule has 0 aliphatic carbocycles. The molecule has 6 nitrogen and oxygen atoms in total. The highest BCUT2D eigenvalue weighted by atomic mass is 16.5. The number of aryl methyl sites for hydroxylation is 2. The van der Waals surface area contributed by atoms with Gasteiger partial charge < -0.3 is 15.2 Å². The van der Waals surface area contributed by atoms with Crippen LogP contribution in [-0.4, -0.2) is 40.8 Å². The lowest BCUT2D eigenvalue weighted by atomic mass is 9.86. The summed E-state index contributed by atoms with van der Waals surface area (Å²) in [5, 5.41) is 12.5. The van der Waals surface area contributed by atoms with Crippen LogP contribution < -0.4 is 5.32 Å². The van der Waals surface area contributed by atoms with Gasteiger partial charge in [0.15, 0.2) is 0 Å². The molecule has 20 heavy (non-hydrogen) atoms. The van der Waals surface area contributed by atoms with Gasteiger partial charge >= 0.3 is 5.97 Å². The number of carboxylic acids is 1. The highest BCUT2D eigenvalue weighted by molar-refractivity contribution is 5.71. The second-order valence-corrected chi connectivity index (χ2v) is 5.25. The minimum Gasteiger partial charge on any atom is -0.481 e. The van der Waals surface area contributed by atoms with E-state index in [0.29, 0.717) is 25.7 Å². The Labute approximate surface area is 118 Å². The average Bonchev–Trinajstić information content (AvgIpc) is 2.38. The van der Waals surface area contributed by atoms with Gasteiger partial charge in [-0.3, -0.25) is 4.79 Å². The van der Waals surface area contributed by atoms with Crippen molar-refractivity contribution in [1.82, 2.24) is 9.97 Å². The van der Waals surface area contributed by atoms with Gasteiger partial charge in [-0.25, -0.2) is 9.97 Å². The Morgan fingerprint density at radius 1 is 1.40 bits per heavy atom. The van der Waals surface area contributed by atoms with Crippen LogP contribution in [0.3, 0.4) is 0 Å². The number of hydrogen-bond donors (Lipinski definition) is 2. The van der Waals surface area contributed by atoms with Gasteiger partial charge in [0.05, 0.1) is 5.92 Å². The van der Waals surface area contributed by atoms with Gasteiger partial charge in [-0.1, -0.05) is 0 Å². The number of hydrogen-bond acceptors (Lipinski definition) is 5. The van der Waals surface area contributed by atoms with Gasteiger partial charge in [0.25, 0.3) is 0 Å². The summed E-state index contributed by atoms with van der Waals surface area (Å²) in [6.45, 7) is 5.44.